The van der Waals surface area contributed by atoms with Gasteiger partial charge in [0.1, 0.15) is 17.6 Å². The quantitative estimate of drug-likeness (QED) is 0.764. The Morgan fingerprint density at radius 3 is 2.44 bits per heavy atom. The fraction of sp³-hybridized carbons (Fsp3) is 0.667. The van der Waals surface area contributed by atoms with Crippen LogP contribution in [0.2, 0.25) is 0 Å². The lowest BCUT2D eigenvalue weighted by Gasteiger charge is -2.37. The third-order valence-electron chi connectivity index (χ3n) is 5.46. The van der Waals surface area contributed by atoms with Crippen molar-refractivity contribution in [3.8, 4) is 11.5 Å². The Balaban J connectivity index is 1.42. The third-order valence-corrected chi connectivity index (χ3v) is 5.46. The van der Waals surface area contributed by atoms with Crippen molar-refractivity contribution < 1.29 is 19.0 Å². The molecule has 0 aliphatic carbocycles. The topological polar surface area (TPSA) is 51.2 Å². The summed E-state index contributed by atoms with van der Waals surface area (Å²) in [6.07, 6.45) is 2.38. The molecule has 0 bridgehead atoms. The molecule has 2 heterocycles. The number of benzene rings is 1. The molecule has 1 atom stereocenters. The van der Waals surface area contributed by atoms with Crippen LogP contribution in [0.25, 0.3) is 0 Å². The molecule has 3 rings (SSSR count). The summed E-state index contributed by atoms with van der Waals surface area (Å²) in [6, 6.07) is 8.16. The Kier molecular flexibility index (Phi) is 6.96. The van der Waals surface area contributed by atoms with Crippen molar-refractivity contribution in [3.63, 3.8) is 0 Å². The Morgan fingerprint density at radius 1 is 1.15 bits per heavy atom. The molecule has 2 saturated heterocycles. The van der Waals surface area contributed by atoms with Crippen LogP contribution < -0.4 is 9.47 Å². The number of amides is 1. The molecular formula is C21H32N2O4. The summed E-state index contributed by atoms with van der Waals surface area (Å²) >= 11 is 0. The van der Waals surface area contributed by atoms with Crippen LogP contribution in [0.5, 0.6) is 11.5 Å². The van der Waals surface area contributed by atoms with Crippen molar-refractivity contribution in [2.75, 3.05) is 39.9 Å². The number of rotatable bonds is 6. The van der Waals surface area contributed by atoms with Gasteiger partial charge in [0.05, 0.1) is 26.2 Å². The zero-order chi connectivity index (χ0) is 19.2. The van der Waals surface area contributed by atoms with E-state index < -0.39 is 0 Å². The second kappa shape index (κ2) is 9.42. The maximum absolute atomic E-state index is 12.7. The maximum atomic E-state index is 12.7. The Hall–Kier alpha value is -1.79. The molecule has 1 amide bonds. The van der Waals surface area contributed by atoms with E-state index in [1.54, 1.807) is 7.11 Å². The van der Waals surface area contributed by atoms with Crippen LogP contribution in [-0.2, 0) is 9.53 Å². The molecule has 0 radical (unpaired) electrons. The first-order chi connectivity index (χ1) is 13.0. The number of hydrogen-bond donors (Lipinski definition) is 0. The van der Waals surface area contributed by atoms with Crippen molar-refractivity contribution in [1.82, 2.24) is 9.80 Å². The molecule has 2 aliphatic rings. The van der Waals surface area contributed by atoms with Gasteiger partial charge in [-0.15, -0.1) is 0 Å². The van der Waals surface area contributed by atoms with Gasteiger partial charge >= 0.3 is 0 Å². The molecule has 6 heteroatoms. The third kappa shape index (κ3) is 5.59. The summed E-state index contributed by atoms with van der Waals surface area (Å²) in [5.74, 6) is 1.88. The highest BCUT2D eigenvalue weighted by Gasteiger charge is 2.29. The molecule has 0 N–H and O–H groups in total. The lowest BCUT2D eigenvalue weighted by molar-refractivity contribution is -0.138. The van der Waals surface area contributed by atoms with E-state index in [2.05, 4.69) is 18.7 Å². The largest absolute Gasteiger partial charge is 0.497 e. The summed E-state index contributed by atoms with van der Waals surface area (Å²) in [7, 11) is 1.65. The van der Waals surface area contributed by atoms with Gasteiger partial charge in [-0.05, 0) is 38.1 Å². The molecule has 1 aromatic rings. The fourth-order valence-electron chi connectivity index (χ4n) is 3.73. The minimum Gasteiger partial charge on any atom is -0.497 e. The first-order valence-electron chi connectivity index (χ1n) is 9.99. The molecule has 1 unspecified atom stereocenters. The number of hydrogen-bond acceptors (Lipinski definition) is 5. The lowest BCUT2D eigenvalue weighted by Crippen LogP contribution is -2.48. The van der Waals surface area contributed by atoms with Crippen molar-refractivity contribution in [2.24, 2.45) is 0 Å². The van der Waals surface area contributed by atoms with Gasteiger partial charge in [0, 0.05) is 45.1 Å². The number of likely N-dealkylation sites (tertiary alicyclic amines) is 1. The molecule has 6 nitrogen and oxygen atoms in total. The Morgan fingerprint density at radius 2 is 1.81 bits per heavy atom. The second-order valence-electron chi connectivity index (χ2n) is 7.66. The summed E-state index contributed by atoms with van der Waals surface area (Å²) in [5.41, 5.74) is 0. The van der Waals surface area contributed by atoms with Crippen LogP contribution in [0, 0.1) is 0 Å². The summed E-state index contributed by atoms with van der Waals surface area (Å²) in [4.78, 5) is 17.0. The minimum atomic E-state index is 0.0157. The predicted molar refractivity (Wildman–Crippen MR) is 104 cm³/mol. The van der Waals surface area contributed by atoms with E-state index in [0.717, 1.165) is 50.5 Å². The van der Waals surface area contributed by atoms with E-state index >= 15 is 0 Å². The molecule has 150 valence electrons. The van der Waals surface area contributed by atoms with E-state index in [-0.39, 0.29) is 18.1 Å². The van der Waals surface area contributed by atoms with Gasteiger partial charge in [0.2, 0.25) is 5.91 Å². The highest BCUT2D eigenvalue weighted by Crippen LogP contribution is 2.22. The van der Waals surface area contributed by atoms with Gasteiger partial charge in [-0.2, -0.15) is 0 Å². The molecule has 2 fully saturated rings. The molecule has 0 spiro atoms. The molecule has 2 aliphatic heterocycles. The monoisotopic (exact) mass is 376 g/mol. The number of carbonyl (C=O) groups is 1. The number of morpholine rings is 1. The van der Waals surface area contributed by atoms with E-state index in [0.29, 0.717) is 19.1 Å². The van der Waals surface area contributed by atoms with Gasteiger partial charge < -0.3 is 19.1 Å². The van der Waals surface area contributed by atoms with Gasteiger partial charge in [-0.3, -0.25) is 9.69 Å². The molecular weight excluding hydrogens is 344 g/mol. The van der Waals surface area contributed by atoms with Crippen molar-refractivity contribution >= 4 is 5.91 Å². The van der Waals surface area contributed by atoms with Crippen LogP contribution in [0.1, 0.15) is 33.1 Å². The van der Waals surface area contributed by atoms with Crippen molar-refractivity contribution in [3.05, 3.63) is 24.3 Å². The van der Waals surface area contributed by atoms with Gasteiger partial charge in [-0.1, -0.05) is 0 Å². The van der Waals surface area contributed by atoms with E-state index in [1.165, 1.54) is 0 Å². The van der Waals surface area contributed by atoms with Crippen molar-refractivity contribution in [2.45, 2.75) is 51.4 Å². The first kappa shape index (κ1) is 20.0. The van der Waals surface area contributed by atoms with Crippen LogP contribution in [-0.4, -0.2) is 73.9 Å². The lowest BCUT2D eigenvalue weighted by atomic mass is 10.1. The number of methoxy groups -OCH3 is 1. The highest BCUT2D eigenvalue weighted by atomic mass is 16.5. The van der Waals surface area contributed by atoms with Gasteiger partial charge in [0.25, 0.3) is 0 Å². The minimum absolute atomic E-state index is 0.0157. The normalized spacial score (nSPS) is 22.1. The Labute approximate surface area is 162 Å². The van der Waals surface area contributed by atoms with Crippen LogP contribution >= 0.6 is 0 Å². The maximum Gasteiger partial charge on any atom is 0.225 e. The zero-order valence-electron chi connectivity index (χ0n) is 16.7. The standard InChI is InChI=1S/C21H32N2O4/c1-16(2)23-12-13-26-20(15-23)14-21(24)22-10-8-19(9-11-22)27-18-6-4-17(25-3)5-7-18/h4-7,16,19-20H,8-15H2,1-3H3. The van der Waals surface area contributed by atoms with Gasteiger partial charge in [0.15, 0.2) is 0 Å². The van der Waals surface area contributed by atoms with E-state index in [1.807, 2.05) is 29.2 Å². The van der Waals surface area contributed by atoms with E-state index in [9.17, 15) is 4.79 Å². The van der Waals surface area contributed by atoms with Crippen molar-refractivity contribution in [1.29, 1.82) is 0 Å². The highest BCUT2D eigenvalue weighted by molar-refractivity contribution is 5.76. The fourth-order valence-corrected chi connectivity index (χ4v) is 3.73. The summed E-state index contributed by atoms with van der Waals surface area (Å²) < 4.78 is 17.0. The number of ether oxygens (including phenoxy) is 3. The van der Waals surface area contributed by atoms with Crippen LogP contribution in [0.15, 0.2) is 24.3 Å². The smallest absolute Gasteiger partial charge is 0.225 e. The summed E-state index contributed by atoms with van der Waals surface area (Å²) in [5, 5.41) is 0. The van der Waals surface area contributed by atoms with Crippen LogP contribution in [0.4, 0.5) is 0 Å². The SMILES string of the molecule is COc1ccc(OC2CCN(C(=O)CC3CN(C(C)C)CCO3)CC2)cc1. The first-order valence-corrected chi connectivity index (χ1v) is 9.99. The molecule has 27 heavy (non-hydrogen) atoms. The van der Waals surface area contributed by atoms with Gasteiger partial charge in [-0.25, -0.2) is 0 Å². The van der Waals surface area contributed by atoms with Crippen LogP contribution in [0.3, 0.4) is 0 Å². The second-order valence-corrected chi connectivity index (χ2v) is 7.66. The average molecular weight is 376 g/mol. The molecule has 0 saturated carbocycles. The summed E-state index contributed by atoms with van der Waals surface area (Å²) in [6.45, 7) is 8.40. The predicted octanol–water partition coefficient (Wildman–Crippen LogP) is 2.56. The number of nitrogens with zero attached hydrogens (tertiary/aromatic N) is 2. The number of piperidine rings is 1. The van der Waals surface area contributed by atoms with E-state index in [4.69, 9.17) is 14.2 Å². The zero-order valence-corrected chi connectivity index (χ0v) is 16.7. The average Bonchev–Trinajstić information content (AvgIpc) is 2.69. The molecule has 0 aromatic heterocycles. The molecule has 1 aromatic carbocycles. The Bertz CT molecular complexity index is 597. The number of carbonyl (C=O) groups excluding carboxylic acids is 1.